The van der Waals surface area contributed by atoms with Crippen molar-refractivity contribution in [2.24, 2.45) is 0 Å². The number of methoxy groups -OCH3 is 1. The number of benzene rings is 1. The van der Waals surface area contributed by atoms with Crippen LogP contribution in [0.25, 0.3) is 0 Å². The molecule has 0 saturated carbocycles. The largest absolute Gasteiger partial charge is 0.496 e. The van der Waals surface area contributed by atoms with E-state index in [1.165, 1.54) is 24.0 Å². The monoisotopic (exact) mass is 190 g/mol. The van der Waals surface area contributed by atoms with Gasteiger partial charge in [-0.15, -0.1) is 0 Å². The molecule has 0 radical (unpaired) electrons. The van der Waals surface area contributed by atoms with Crippen LogP contribution in [-0.4, -0.2) is 13.7 Å². The summed E-state index contributed by atoms with van der Waals surface area (Å²) in [5.41, 5.74) is 2.80. The zero-order valence-electron chi connectivity index (χ0n) is 8.38. The first-order chi connectivity index (χ1) is 6.86. The highest BCUT2D eigenvalue weighted by atomic mass is 16.6. The summed E-state index contributed by atoms with van der Waals surface area (Å²) in [5, 5.41) is 0. The Hall–Kier alpha value is -1.02. The van der Waals surface area contributed by atoms with Gasteiger partial charge in [0.1, 0.15) is 11.4 Å². The Morgan fingerprint density at radius 3 is 3.00 bits per heavy atom. The predicted octanol–water partition coefficient (Wildman–Crippen LogP) is 2.26. The molecule has 1 atom stereocenters. The molecule has 0 bridgehead atoms. The van der Waals surface area contributed by atoms with E-state index in [1.54, 1.807) is 7.11 Å². The standard InChI is InChI=1S/C12H14O2/c1-13-11-6-2-5-10-9(11)4-3-7-12(10)8-14-12/h2,5-6H,3-4,7-8H2,1H3. The number of fused-ring (bicyclic) bond motifs is 2. The SMILES string of the molecule is COc1cccc2c1CCCC21CO1. The third kappa shape index (κ3) is 1.01. The van der Waals surface area contributed by atoms with Gasteiger partial charge in [0.25, 0.3) is 0 Å². The molecule has 2 aliphatic rings. The van der Waals surface area contributed by atoms with E-state index in [4.69, 9.17) is 9.47 Å². The minimum absolute atomic E-state index is 0.0716. The lowest BCUT2D eigenvalue weighted by atomic mass is 9.82. The van der Waals surface area contributed by atoms with Crippen LogP contribution in [0.3, 0.4) is 0 Å². The number of epoxide rings is 1. The summed E-state index contributed by atoms with van der Waals surface area (Å²) in [4.78, 5) is 0. The normalized spacial score (nSPS) is 28.6. The van der Waals surface area contributed by atoms with Crippen molar-refractivity contribution >= 4 is 0 Å². The summed E-state index contributed by atoms with van der Waals surface area (Å²) >= 11 is 0. The number of hydrogen-bond donors (Lipinski definition) is 0. The van der Waals surface area contributed by atoms with Crippen LogP contribution in [0.5, 0.6) is 5.75 Å². The first-order valence-corrected chi connectivity index (χ1v) is 5.16. The molecule has 14 heavy (non-hydrogen) atoms. The van der Waals surface area contributed by atoms with Crippen molar-refractivity contribution in [3.63, 3.8) is 0 Å². The van der Waals surface area contributed by atoms with Crippen LogP contribution >= 0.6 is 0 Å². The zero-order valence-corrected chi connectivity index (χ0v) is 8.38. The Morgan fingerprint density at radius 1 is 1.43 bits per heavy atom. The van der Waals surface area contributed by atoms with Crippen LogP contribution < -0.4 is 4.74 Å². The van der Waals surface area contributed by atoms with Crippen LogP contribution in [0.1, 0.15) is 24.0 Å². The first kappa shape index (κ1) is 8.30. The zero-order chi connectivity index (χ0) is 9.60. The second-order valence-electron chi connectivity index (χ2n) is 4.12. The van der Waals surface area contributed by atoms with Crippen LogP contribution in [-0.2, 0) is 16.8 Å². The Morgan fingerprint density at radius 2 is 2.29 bits per heavy atom. The molecule has 1 heterocycles. The predicted molar refractivity (Wildman–Crippen MR) is 53.6 cm³/mol. The maximum absolute atomic E-state index is 5.61. The van der Waals surface area contributed by atoms with Crippen molar-refractivity contribution in [3.8, 4) is 5.75 Å². The minimum Gasteiger partial charge on any atom is -0.496 e. The molecular weight excluding hydrogens is 176 g/mol. The molecule has 1 aromatic carbocycles. The molecule has 1 saturated heterocycles. The highest BCUT2D eigenvalue weighted by Crippen LogP contribution is 2.49. The molecule has 0 aromatic heterocycles. The van der Waals surface area contributed by atoms with Gasteiger partial charge in [-0.1, -0.05) is 12.1 Å². The molecule has 0 amide bonds. The lowest BCUT2D eigenvalue weighted by Gasteiger charge is -2.23. The van der Waals surface area contributed by atoms with E-state index in [-0.39, 0.29) is 5.60 Å². The average molecular weight is 190 g/mol. The fourth-order valence-electron chi connectivity index (χ4n) is 2.51. The number of hydrogen-bond acceptors (Lipinski definition) is 2. The highest BCUT2D eigenvalue weighted by Gasteiger charge is 2.49. The van der Waals surface area contributed by atoms with Gasteiger partial charge in [-0.3, -0.25) is 0 Å². The second kappa shape index (κ2) is 2.74. The first-order valence-electron chi connectivity index (χ1n) is 5.16. The smallest absolute Gasteiger partial charge is 0.122 e. The van der Waals surface area contributed by atoms with E-state index in [9.17, 15) is 0 Å². The Labute approximate surface area is 83.8 Å². The van der Waals surface area contributed by atoms with Crippen LogP contribution in [0.15, 0.2) is 18.2 Å². The molecule has 1 spiro atoms. The van der Waals surface area contributed by atoms with Crippen molar-refractivity contribution in [2.45, 2.75) is 24.9 Å². The molecule has 3 rings (SSSR count). The van der Waals surface area contributed by atoms with Gasteiger partial charge in [-0.2, -0.15) is 0 Å². The summed E-state index contributed by atoms with van der Waals surface area (Å²) in [6.07, 6.45) is 3.52. The summed E-state index contributed by atoms with van der Waals surface area (Å²) in [7, 11) is 1.74. The molecule has 1 aliphatic carbocycles. The van der Waals surface area contributed by atoms with Gasteiger partial charge in [0.15, 0.2) is 0 Å². The van der Waals surface area contributed by atoms with E-state index in [1.807, 2.05) is 6.07 Å². The van der Waals surface area contributed by atoms with E-state index < -0.39 is 0 Å². The second-order valence-corrected chi connectivity index (χ2v) is 4.12. The quantitative estimate of drug-likeness (QED) is 0.633. The summed E-state index contributed by atoms with van der Waals surface area (Å²) in [5.74, 6) is 1.03. The summed E-state index contributed by atoms with van der Waals surface area (Å²) < 4.78 is 11.0. The Kier molecular flexibility index (Phi) is 1.62. The third-order valence-corrected chi connectivity index (χ3v) is 3.34. The lowest BCUT2D eigenvalue weighted by Crippen LogP contribution is -2.18. The molecule has 1 aliphatic heterocycles. The highest BCUT2D eigenvalue weighted by molar-refractivity contribution is 5.46. The molecule has 2 heteroatoms. The maximum atomic E-state index is 5.61. The van der Waals surface area contributed by atoms with Gasteiger partial charge in [0.2, 0.25) is 0 Å². The van der Waals surface area contributed by atoms with Crippen molar-refractivity contribution in [2.75, 3.05) is 13.7 Å². The molecule has 74 valence electrons. The number of rotatable bonds is 1. The van der Waals surface area contributed by atoms with E-state index in [2.05, 4.69) is 12.1 Å². The number of ether oxygens (including phenoxy) is 2. The third-order valence-electron chi connectivity index (χ3n) is 3.34. The molecule has 1 fully saturated rings. The molecule has 1 unspecified atom stereocenters. The van der Waals surface area contributed by atoms with E-state index in [0.717, 1.165) is 18.8 Å². The van der Waals surface area contributed by atoms with E-state index in [0.29, 0.717) is 0 Å². The lowest BCUT2D eigenvalue weighted by molar-refractivity contribution is 0.274. The summed E-state index contributed by atoms with van der Waals surface area (Å²) in [6.45, 7) is 0.896. The van der Waals surface area contributed by atoms with E-state index >= 15 is 0 Å². The Balaban J connectivity index is 2.15. The van der Waals surface area contributed by atoms with Gasteiger partial charge < -0.3 is 9.47 Å². The van der Waals surface area contributed by atoms with Crippen molar-refractivity contribution in [3.05, 3.63) is 29.3 Å². The molecule has 1 aromatic rings. The van der Waals surface area contributed by atoms with Crippen LogP contribution in [0, 0.1) is 0 Å². The molecule has 2 nitrogen and oxygen atoms in total. The van der Waals surface area contributed by atoms with Crippen molar-refractivity contribution in [1.29, 1.82) is 0 Å². The van der Waals surface area contributed by atoms with Crippen LogP contribution in [0.2, 0.25) is 0 Å². The summed E-state index contributed by atoms with van der Waals surface area (Å²) in [6, 6.07) is 6.29. The van der Waals surface area contributed by atoms with Crippen LogP contribution in [0.4, 0.5) is 0 Å². The van der Waals surface area contributed by atoms with Gasteiger partial charge in [0.05, 0.1) is 13.7 Å². The van der Waals surface area contributed by atoms with Crippen molar-refractivity contribution in [1.82, 2.24) is 0 Å². The molecular formula is C12H14O2. The average Bonchev–Trinajstić information content (AvgIpc) is 2.99. The Bertz CT molecular complexity index is 367. The van der Waals surface area contributed by atoms with Gasteiger partial charge >= 0.3 is 0 Å². The van der Waals surface area contributed by atoms with Crippen molar-refractivity contribution < 1.29 is 9.47 Å². The minimum atomic E-state index is 0.0716. The van der Waals surface area contributed by atoms with Gasteiger partial charge in [-0.25, -0.2) is 0 Å². The van der Waals surface area contributed by atoms with Gasteiger partial charge in [-0.05, 0) is 30.9 Å². The maximum Gasteiger partial charge on any atom is 0.122 e. The van der Waals surface area contributed by atoms with Gasteiger partial charge in [0, 0.05) is 5.56 Å². The molecule has 0 N–H and O–H groups in total. The fourth-order valence-corrected chi connectivity index (χ4v) is 2.51. The fraction of sp³-hybridized carbons (Fsp3) is 0.500. The topological polar surface area (TPSA) is 21.8 Å².